The van der Waals surface area contributed by atoms with Crippen molar-refractivity contribution in [3.63, 3.8) is 0 Å². The summed E-state index contributed by atoms with van der Waals surface area (Å²) in [6.45, 7) is 12.0. The number of carbonyl (C=O) groups excluding carboxylic acids is 3. The number of fused-ring (bicyclic) bond motifs is 1. The molecule has 0 aromatic rings. The van der Waals surface area contributed by atoms with Crippen LogP contribution in [0.3, 0.4) is 0 Å². The van der Waals surface area contributed by atoms with Crippen LogP contribution in [0.5, 0.6) is 0 Å². The van der Waals surface area contributed by atoms with Crippen molar-refractivity contribution in [2.45, 2.75) is 59.2 Å². The van der Waals surface area contributed by atoms with E-state index < -0.39 is 29.6 Å². The van der Waals surface area contributed by atoms with Crippen molar-refractivity contribution in [1.29, 1.82) is 0 Å². The molecule has 0 aromatic carbocycles. The predicted molar refractivity (Wildman–Crippen MR) is 119 cm³/mol. The Labute approximate surface area is 188 Å². The van der Waals surface area contributed by atoms with E-state index in [2.05, 4.69) is 20.4 Å². The van der Waals surface area contributed by atoms with Gasteiger partial charge < -0.3 is 14.2 Å². The maximum absolute atomic E-state index is 13.1. The summed E-state index contributed by atoms with van der Waals surface area (Å²) >= 11 is 1.38. The maximum atomic E-state index is 13.1. The van der Waals surface area contributed by atoms with Gasteiger partial charge in [-0.1, -0.05) is 26.5 Å². The minimum absolute atomic E-state index is 0.118. The minimum Gasteiger partial charge on any atom is -0.460 e. The van der Waals surface area contributed by atoms with Gasteiger partial charge >= 0.3 is 17.9 Å². The van der Waals surface area contributed by atoms with Crippen molar-refractivity contribution >= 4 is 29.7 Å². The zero-order valence-corrected chi connectivity index (χ0v) is 19.8. The van der Waals surface area contributed by atoms with Crippen LogP contribution in [0.2, 0.25) is 0 Å². The van der Waals surface area contributed by atoms with Gasteiger partial charge in [0.2, 0.25) is 0 Å². The van der Waals surface area contributed by atoms with Crippen LogP contribution in [0.15, 0.2) is 35.3 Å². The molecular weight excluding hydrogens is 416 g/mol. The summed E-state index contributed by atoms with van der Waals surface area (Å²) in [5.41, 5.74) is -0.342. The van der Waals surface area contributed by atoms with E-state index >= 15 is 0 Å². The second kappa shape index (κ2) is 8.85. The van der Waals surface area contributed by atoms with E-state index in [4.69, 9.17) is 14.2 Å². The van der Waals surface area contributed by atoms with Crippen LogP contribution in [0.25, 0.3) is 0 Å². The number of thioether (sulfide) groups is 1. The number of esters is 3. The molecule has 31 heavy (non-hydrogen) atoms. The van der Waals surface area contributed by atoms with E-state index in [0.717, 1.165) is 6.42 Å². The van der Waals surface area contributed by atoms with E-state index in [0.29, 0.717) is 24.0 Å². The molecule has 6 atom stereocenters. The zero-order valence-electron chi connectivity index (χ0n) is 18.9. The molecule has 3 fully saturated rings. The fourth-order valence-corrected chi connectivity index (χ4v) is 5.78. The summed E-state index contributed by atoms with van der Waals surface area (Å²) in [7, 11) is 0. The van der Waals surface area contributed by atoms with E-state index in [1.807, 2.05) is 6.26 Å². The van der Waals surface area contributed by atoms with Gasteiger partial charge in [0.05, 0.1) is 0 Å². The summed E-state index contributed by atoms with van der Waals surface area (Å²) < 4.78 is 17.3. The Morgan fingerprint density at radius 2 is 2.00 bits per heavy atom. The highest BCUT2D eigenvalue weighted by molar-refractivity contribution is 8.01. The molecule has 2 aliphatic carbocycles. The van der Waals surface area contributed by atoms with Crippen molar-refractivity contribution in [2.75, 3.05) is 12.9 Å². The number of ether oxygens (including phenoxy) is 3. The fourth-order valence-electron chi connectivity index (χ4n) is 5.53. The Balaban J connectivity index is 2.07. The molecule has 170 valence electrons. The van der Waals surface area contributed by atoms with Gasteiger partial charge in [-0.05, 0) is 61.7 Å². The third-order valence-electron chi connectivity index (χ3n) is 7.61. The Bertz CT molecular complexity index is 827. The van der Waals surface area contributed by atoms with Crippen LogP contribution in [-0.2, 0) is 28.6 Å². The van der Waals surface area contributed by atoms with Gasteiger partial charge in [-0.3, -0.25) is 4.79 Å². The highest BCUT2D eigenvalue weighted by Gasteiger charge is 2.72. The molecule has 0 aromatic heterocycles. The molecule has 6 nitrogen and oxygen atoms in total. The topological polar surface area (TPSA) is 78.9 Å². The Morgan fingerprint density at radius 3 is 2.58 bits per heavy atom. The summed E-state index contributed by atoms with van der Waals surface area (Å²) in [5, 5.41) is 1.64. The first-order valence-corrected chi connectivity index (χ1v) is 12.0. The van der Waals surface area contributed by atoms with Crippen LogP contribution in [0, 0.1) is 22.7 Å². The molecule has 0 amide bonds. The number of cyclic esters (lactones) is 1. The zero-order chi connectivity index (χ0) is 23.0. The van der Waals surface area contributed by atoms with Gasteiger partial charge in [0.1, 0.15) is 24.2 Å². The largest absolute Gasteiger partial charge is 0.460 e. The van der Waals surface area contributed by atoms with Crippen molar-refractivity contribution in [3.8, 4) is 0 Å². The molecule has 7 heteroatoms. The highest BCUT2D eigenvalue weighted by atomic mass is 32.2. The maximum Gasteiger partial charge on any atom is 0.333 e. The number of hydrogen-bond acceptors (Lipinski definition) is 7. The standard InChI is InChI=1S/C24H32O6S/c1-7-14(2)21(26)29-17-9-8-15(3)23(5)13-24(16(4)12-28-22(24)27)20(19(17)23)30-18(25)10-11-31-6/h7,10-11,15,17,19-20H,4,8-9,12-13H2,1-3,5-6H3/b11-10-,14-7-/t15-,17-,19-,20+,23+,24+/m0/s1. The molecule has 3 aliphatic rings. The van der Waals surface area contributed by atoms with Crippen LogP contribution in [-0.4, -0.2) is 43.0 Å². The second-order valence-corrected chi connectivity index (χ2v) is 9.89. The second-order valence-electron chi connectivity index (χ2n) is 9.15. The smallest absolute Gasteiger partial charge is 0.333 e. The Morgan fingerprint density at radius 1 is 1.29 bits per heavy atom. The third-order valence-corrected chi connectivity index (χ3v) is 8.02. The molecule has 0 N–H and O–H groups in total. The van der Waals surface area contributed by atoms with Crippen LogP contribution < -0.4 is 0 Å². The number of carbonyl (C=O) groups is 3. The van der Waals surface area contributed by atoms with Gasteiger partial charge in [0.15, 0.2) is 0 Å². The van der Waals surface area contributed by atoms with Gasteiger partial charge in [0.25, 0.3) is 0 Å². The van der Waals surface area contributed by atoms with Crippen molar-refractivity contribution in [3.05, 3.63) is 35.3 Å². The van der Waals surface area contributed by atoms with E-state index in [-0.39, 0.29) is 29.8 Å². The SMILES string of the molecule is C=C1COC(=O)[C@]12C[C@@]1(C)[C@@H]([C@@H](OC(=O)/C(C)=C\C)CC[C@@H]1C)[C@H]2OC(=O)/C=C\SC. The molecule has 0 unspecified atom stereocenters. The van der Waals surface area contributed by atoms with Crippen LogP contribution in [0.4, 0.5) is 0 Å². The van der Waals surface area contributed by atoms with E-state index in [9.17, 15) is 14.4 Å². The number of hydrogen-bond donors (Lipinski definition) is 0. The lowest BCUT2D eigenvalue weighted by Gasteiger charge is -2.46. The van der Waals surface area contributed by atoms with Gasteiger partial charge in [-0.2, -0.15) is 0 Å². The molecule has 1 heterocycles. The first kappa shape index (κ1) is 23.6. The molecule has 1 saturated heterocycles. The molecule has 3 rings (SSSR count). The average molecular weight is 449 g/mol. The first-order valence-electron chi connectivity index (χ1n) is 10.7. The first-order chi connectivity index (χ1) is 14.6. The van der Waals surface area contributed by atoms with E-state index in [1.165, 1.54) is 17.8 Å². The molecule has 0 radical (unpaired) electrons. The summed E-state index contributed by atoms with van der Waals surface area (Å²) in [6.07, 6.45) is 5.61. The fraction of sp³-hybridized carbons (Fsp3) is 0.625. The van der Waals surface area contributed by atoms with E-state index in [1.54, 1.807) is 25.3 Å². The quantitative estimate of drug-likeness (QED) is 0.270. The van der Waals surface area contributed by atoms with Crippen molar-refractivity contribution in [2.24, 2.45) is 22.7 Å². The van der Waals surface area contributed by atoms with Crippen LogP contribution >= 0.6 is 11.8 Å². The number of rotatable bonds is 5. The van der Waals surface area contributed by atoms with Crippen LogP contribution in [0.1, 0.15) is 47.0 Å². The third kappa shape index (κ3) is 3.86. The molecule has 0 bridgehead atoms. The molecule has 2 saturated carbocycles. The summed E-state index contributed by atoms with van der Waals surface area (Å²) in [4.78, 5) is 38.3. The lowest BCUT2D eigenvalue weighted by atomic mass is 9.61. The minimum atomic E-state index is -1.11. The summed E-state index contributed by atoms with van der Waals surface area (Å²) in [6, 6.07) is 0. The lowest BCUT2D eigenvalue weighted by Crippen LogP contribution is -2.50. The van der Waals surface area contributed by atoms with Crippen molar-refractivity contribution in [1.82, 2.24) is 0 Å². The van der Waals surface area contributed by atoms with Gasteiger partial charge in [0, 0.05) is 17.6 Å². The van der Waals surface area contributed by atoms with Crippen molar-refractivity contribution < 1.29 is 28.6 Å². The Hall–Kier alpha value is -2.02. The summed E-state index contributed by atoms with van der Waals surface area (Å²) in [5.74, 6) is -1.40. The molecule has 1 spiro atoms. The predicted octanol–water partition coefficient (Wildman–Crippen LogP) is 4.21. The van der Waals surface area contributed by atoms with Gasteiger partial charge in [-0.25, -0.2) is 9.59 Å². The monoisotopic (exact) mass is 448 g/mol. The number of allylic oxidation sites excluding steroid dienone is 1. The Kier molecular flexibility index (Phi) is 6.75. The highest BCUT2D eigenvalue weighted by Crippen LogP contribution is 2.66. The molecular formula is C24H32O6S. The normalized spacial score (nSPS) is 37.8. The average Bonchev–Trinajstić information content (AvgIpc) is 3.18. The lowest BCUT2D eigenvalue weighted by molar-refractivity contribution is -0.171. The van der Waals surface area contributed by atoms with Gasteiger partial charge in [-0.15, -0.1) is 11.8 Å². The molecule has 1 aliphatic heterocycles.